The molecule has 1 N–H and O–H groups in total. The lowest BCUT2D eigenvalue weighted by molar-refractivity contribution is 0.215. The third-order valence-electron chi connectivity index (χ3n) is 5.24. The van der Waals surface area contributed by atoms with E-state index in [4.69, 9.17) is 0 Å². The van der Waals surface area contributed by atoms with E-state index in [1.165, 1.54) is 45.2 Å². The third-order valence-corrected chi connectivity index (χ3v) is 5.24. The molecule has 2 saturated carbocycles. The number of nitriles is 1. The summed E-state index contributed by atoms with van der Waals surface area (Å²) in [6, 6.07) is 3.30. The Morgan fingerprint density at radius 2 is 2.00 bits per heavy atom. The second kappa shape index (κ2) is 5.07. The predicted molar refractivity (Wildman–Crippen MR) is 76.6 cm³/mol. The van der Waals surface area contributed by atoms with E-state index in [0.29, 0.717) is 12.0 Å². The second-order valence-electron chi connectivity index (χ2n) is 7.30. The van der Waals surface area contributed by atoms with Gasteiger partial charge in [-0.05, 0) is 56.4 Å². The van der Waals surface area contributed by atoms with Crippen LogP contribution in [0.15, 0.2) is 0 Å². The van der Waals surface area contributed by atoms with E-state index < -0.39 is 0 Å². The van der Waals surface area contributed by atoms with Crippen molar-refractivity contribution in [2.45, 2.75) is 57.5 Å². The predicted octanol–water partition coefficient (Wildman–Crippen LogP) is 2.39. The molecular formula is C16H27N3. The van der Waals surface area contributed by atoms with Crippen molar-refractivity contribution in [3.8, 4) is 6.07 Å². The van der Waals surface area contributed by atoms with Crippen molar-refractivity contribution < 1.29 is 0 Å². The van der Waals surface area contributed by atoms with Crippen molar-refractivity contribution in [3.63, 3.8) is 0 Å². The van der Waals surface area contributed by atoms with E-state index in [0.717, 1.165) is 18.4 Å². The molecule has 0 aromatic rings. The zero-order valence-corrected chi connectivity index (χ0v) is 12.4. The first-order chi connectivity index (χ1) is 9.13. The molecule has 2 atom stereocenters. The first-order valence-corrected chi connectivity index (χ1v) is 8.04. The van der Waals surface area contributed by atoms with Crippen LogP contribution in [-0.4, -0.2) is 36.1 Å². The molecule has 3 nitrogen and oxygen atoms in total. The molecule has 0 radical (unpaired) electrons. The van der Waals surface area contributed by atoms with Crippen LogP contribution in [0.3, 0.4) is 0 Å². The Morgan fingerprint density at radius 1 is 1.26 bits per heavy atom. The molecule has 1 aliphatic heterocycles. The molecule has 1 heterocycles. The zero-order valence-electron chi connectivity index (χ0n) is 12.4. The zero-order chi connectivity index (χ0) is 13.5. The molecule has 0 aromatic heterocycles. The molecule has 3 heteroatoms. The summed E-state index contributed by atoms with van der Waals surface area (Å²) in [6.07, 6.45) is 6.34. The van der Waals surface area contributed by atoms with Crippen LogP contribution in [0.4, 0.5) is 0 Å². The Bertz CT molecular complexity index is 365. The molecule has 1 saturated heterocycles. The number of hydrogen-bond acceptors (Lipinski definition) is 3. The summed E-state index contributed by atoms with van der Waals surface area (Å²) in [7, 11) is 0. The number of likely N-dealkylation sites (tertiary alicyclic amines) is 1. The highest BCUT2D eigenvalue weighted by Gasteiger charge is 2.49. The number of rotatable bonds is 6. The summed E-state index contributed by atoms with van der Waals surface area (Å²) in [5.74, 6) is 2.21. The van der Waals surface area contributed by atoms with Gasteiger partial charge in [0.15, 0.2) is 0 Å². The quantitative estimate of drug-likeness (QED) is 0.798. The Labute approximate surface area is 117 Å². The minimum atomic E-state index is -0.243. The van der Waals surface area contributed by atoms with Crippen LogP contribution < -0.4 is 5.32 Å². The summed E-state index contributed by atoms with van der Waals surface area (Å²) in [4.78, 5) is 2.54. The summed E-state index contributed by atoms with van der Waals surface area (Å²) >= 11 is 0. The van der Waals surface area contributed by atoms with E-state index in [2.05, 4.69) is 30.1 Å². The number of hydrogen-bond donors (Lipinski definition) is 1. The molecule has 2 unspecified atom stereocenters. The minimum absolute atomic E-state index is 0.243. The topological polar surface area (TPSA) is 39.1 Å². The van der Waals surface area contributed by atoms with Gasteiger partial charge in [-0.15, -0.1) is 0 Å². The molecule has 0 aromatic carbocycles. The summed E-state index contributed by atoms with van der Waals surface area (Å²) in [5.41, 5.74) is -0.243. The number of nitrogens with one attached hydrogen (secondary N) is 1. The Morgan fingerprint density at radius 3 is 2.47 bits per heavy atom. The largest absolute Gasteiger partial charge is 0.300 e. The van der Waals surface area contributed by atoms with Crippen molar-refractivity contribution in [2.75, 3.05) is 19.6 Å². The van der Waals surface area contributed by atoms with E-state index in [1.54, 1.807) is 0 Å². The molecule has 0 bridgehead atoms. The van der Waals surface area contributed by atoms with Crippen molar-refractivity contribution in [1.82, 2.24) is 10.2 Å². The van der Waals surface area contributed by atoms with Gasteiger partial charge in [-0.1, -0.05) is 13.8 Å². The van der Waals surface area contributed by atoms with Gasteiger partial charge >= 0.3 is 0 Å². The highest BCUT2D eigenvalue weighted by molar-refractivity contribution is 5.18. The maximum atomic E-state index is 9.76. The standard InChI is InChI=1S/C16H27N3/c1-12(2)13-7-8-19(9-13)11-16(10-17,14-3-4-14)18-15-5-6-15/h12-15,18H,3-9,11H2,1-2H3. The molecule has 3 aliphatic rings. The molecular weight excluding hydrogens is 234 g/mol. The van der Waals surface area contributed by atoms with Gasteiger partial charge in [-0.2, -0.15) is 5.26 Å². The van der Waals surface area contributed by atoms with Gasteiger partial charge in [0, 0.05) is 19.1 Å². The Kier molecular flexibility index (Phi) is 3.57. The highest BCUT2D eigenvalue weighted by atomic mass is 15.2. The van der Waals surface area contributed by atoms with Gasteiger partial charge in [0.1, 0.15) is 5.54 Å². The molecule has 0 amide bonds. The van der Waals surface area contributed by atoms with Gasteiger partial charge in [-0.25, -0.2) is 0 Å². The van der Waals surface area contributed by atoms with Crippen LogP contribution in [0, 0.1) is 29.1 Å². The smallest absolute Gasteiger partial charge is 0.122 e. The van der Waals surface area contributed by atoms with E-state index >= 15 is 0 Å². The SMILES string of the molecule is CC(C)C1CCN(CC(C#N)(NC2CC2)C2CC2)C1. The lowest BCUT2D eigenvalue weighted by atomic mass is 9.93. The van der Waals surface area contributed by atoms with Crippen molar-refractivity contribution in [3.05, 3.63) is 0 Å². The van der Waals surface area contributed by atoms with Gasteiger partial charge in [0.05, 0.1) is 6.07 Å². The van der Waals surface area contributed by atoms with E-state index in [-0.39, 0.29) is 5.54 Å². The molecule has 0 spiro atoms. The maximum Gasteiger partial charge on any atom is 0.122 e. The monoisotopic (exact) mass is 261 g/mol. The van der Waals surface area contributed by atoms with Crippen LogP contribution in [-0.2, 0) is 0 Å². The lowest BCUT2D eigenvalue weighted by Crippen LogP contribution is -2.55. The molecule has 106 valence electrons. The fraction of sp³-hybridized carbons (Fsp3) is 0.938. The molecule has 2 aliphatic carbocycles. The van der Waals surface area contributed by atoms with Crippen LogP contribution in [0.5, 0.6) is 0 Å². The fourth-order valence-corrected chi connectivity index (χ4v) is 3.52. The first kappa shape index (κ1) is 13.4. The summed E-state index contributed by atoms with van der Waals surface area (Å²) < 4.78 is 0. The van der Waals surface area contributed by atoms with Crippen molar-refractivity contribution in [1.29, 1.82) is 5.26 Å². The Hall–Kier alpha value is -0.590. The van der Waals surface area contributed by atoms with Crippen molar-refractivity contribution in [2.24, 2.45) is 17.8 Å². The van der Waals surface area contributed by atoms with Gasteiger partial charge in [-0.3, -0.25) is 5.32 Å². The first-order valence-electron chi connectivity index (χ1n) is 8.04. The molecule has 19 heavy (non-hydrogen) atoms. The summed E-state index contributed by atoms with van der Waals surface area (Å²) in [6.45, 7) is 7.99. The highest BCUT2D eigenvalue weighted by Crippen LogP contribution is 2.42. The van der Waals surface area contributed by atoms with Crippen molar-refractivity contribution >= 4 is 0 Å². The van der Waals surface area contributed by atoms with Crippen LogP contribution in [0.1, 0.15) is 46.0 Å². The molecule has 3 fully saturated rings. The lowest BCUT2D eigenvalue weighted by Gasteiger charge is -2.33. The number of nitrogens with zero attached hydrogens (tertiary/aromatic N) is 2. The normalized spacial score (nSPS) is 31.4. The van der Waals surface area contributed by atoms with E-state index in [1.807, 2.05) is 0 Å². The van der Waals surface area contributed by atoms with Gasteiger partial charge < -0.3 is 4.90 Å². The average Bonchev–Trinajstić information content (AvgIpc) is 3.28. The summed E-state index contributed by atoms with van der Waals surface area (Å²) in [5, 5.41) is 13.4. The Balaban J connectivity index is 1.63. The van der Waals surface area contributed by atoms with Crippen LogP contribution in [0.2, 0.25) is 0 Å². The minimum Gasteiger partial charge on any atom is -0.300 e. The van der Waals surface area contributed by atoms with Gasteiger partial charge in [0.25, 0.3) is 0 Å². The molecule has 3 rings (SSSR count). The van der Waals surface area contributed by atoms with E-state index in [9.17, 15) is 5.26 Å². The maximum absolute atomic E-state index is 9.76. The second-order valence-corrected chi connectivity index (χ2v) is 7.30. The fourth-order valence-electron chi connectivity index (χ4n) is 3.52. The third kappa shape index (κ3) is 2.95. The van der Waals surface area contributed by atoms with Crippen LogP contribution in [0.25, 0.3) is 0 Å². The van der Waals surface area contributed by atoms with Gasteiger partial charge in [0.2, 0.25) is 0 Å². The average molecular weight is 261 g/mol. The van der Waals surface area contributed by atoms with Crippen LogP contribution >= 0.6 is 0 Å².